The van der Waals surface area contributed by atoms with Gasteiger partial charge in [0.05, 0.1) is 31.7 Å². The van der Waals surface area contributed by atoms with Crippen LogP contribution in [0.5, 0.6) is 0 Å². The molecule has 0 spiro atoms. The first-order chi connectivity index (χ1) is 13.5. The first kappa shape index (κ1) is 21.6. The highest BCUT2D eigenvalue weighted by molar-refractivity contribution is 5.83. The SMILES string of the molecule is CCOCCOCCOC(=O)C1C2CC(C1C(=O)O)C1C(CC)CC(CC)C21. The summed E-state index contributed by atoms with van der Waals surface area (Å²) in [4.78, 5) is 24.9. The normalized spacial score (nSPS) is 38.5. The highest BCUT2D eigenvalue weighted by Crippen LogP contribution is 2.67. The number of rotatable bonds is 11. The minimum atomic E-state index is -0.823. The number of carboxylic acids is 1. The fourth-order valence-electron chi connectivity index (χ4n) is 6.73. The van der Waals surface area contributed by atoms with Gasteiger partial charge in [-0.25, -0.2) is 0 Å². The summed E-state index contributed by atoms with van der Waals surface area (Å²) in [6.07, 6.45) is 4.30. The Labute approximate surface area is 168 Å². The molecule has 8 unspecified atom stereocenters. The van der Waals surface area contributed by atoms with Gasteiger partial charge in [-0.1, -0.05) is 26.7 Å². The van der Waals surface area contributed by atoms with Crippen molar-refractivity contribution in [3.05, 3.63) is 0 Å². The molecule has 6 nitrogen and oxygen atoms in total. The molecule has 0 aromatic heterocycles. The van der Waals surface area contributed by atoms with Crippen LogP contribution in [0.4, 0.5) is 0 Å². The van der Waals surface area contributed by atoms with Gasteiger partial charge in [0.25, 0.3) is 0 Å². The van der Waals surface area contributed by atoms with Gasteiger partial charge in [0.1, 0.15) is 6.61 Å². The molecule has 3 saturated carbocycles. The summed E-state index contributed by atoms with van der Waals surface area (Å²) in [5, 5.41) is 9.90. The van der Waals surface area contributed by atoms with Crippen molar-refractivity contribution < 1.29 is 28.9 Å². The van der Waals surface area contributed by atoms with Gasteiger partial charge in [-0.05, 0) is 55.3 Å². The molecule has 8 atom stereocenters. The maximum absolute atomic E-state index is 12.9. The Morgan fingerprint density at radius 3 is 1.96 bits per heavy atom. The molecule has 3 fully saturated rings. The maximum atomic E-state index is 12.9. The monoisotopic (exact) mass is 396 g/mol. The molecule has 0 amide bonds. The number of carboxylic acid groups (broad SMARTS) is 1. The zero-order chi connectivity index (χ0) is 20.3. The number of ether oxygens (including phenoxy) is 3. The second-order valence-corrected chi connectivity index (χ2v) is 8.66. The Balaban J connectivity index is 1.61. The van der Waals surface area contributed by atoms with Gasteiger partial charge in [0.2, 0.25) is 0 Å². The Bertz CT molecular complexity index is 549. The van der Waals surface area contributed by atoms with Crippen LogP contribution in [0.15, 0.2) is 0 Å². The van der Waals surface area contributed by atoms with Crippen molar-refractivity contribution in [1.29, 1.82) is 0 Å². The van der Waals surface area contributed by atoms with Gasteiger partial charge >= 0.3 is 11.9 Å². The lowest BCUT2D eigenvalue weighted by Crippen LogP contribution is -2.44. The van der Waals surface area contributed by atoms with E-state index in [9.17, 15) is 14.7 Å². The van der Waals surface area contributed by atoms with E-state index in [0.717, 1.165) is 19.3 Å². The van der Waals surface area contributed by atoms with Crippen LogP contribution in [-0.4, -0.2) is 50.1 Å². The molecule has 3 aliphatic rings. The van der Waals surface area contributed by atoms with Crippen molar-refractivity contribution in [2.24, 2.45) is 47.3 Å². The number of esters is 1. The summed E-state index contributed by atoms with van der Waals surface area (Å²) in [7, 11) is 0. The fraction of sp³-hybridized carbons (Fsp3) is 0.909. The number of fused-ring (bicyclic) bond motifs is 5. The molecule has 0 saturated heterocycles. The average Bonchev–Trinajstić information content (AvgIpc) is 3.35. The van der Waals surface area contributed by atoms with Gasteiger partial charge in [-0.3, -0.25) is 9.59 Å². The lowest BCUT2D eigenvalue weighted by Gasteiger charge is -2.38. The Morgan fingerprint density at radius 2 is 1.39 bits per heavy atom. The first-order valence-corrected chi connectivity index (χ1v) is 11.1. The highest BCUT2D eigenvalue weighted by atomic mass is 16.6. The van der Waals surface area contributed by atoms with Crippen molar-refractivity contribution in [2.75, 3.05) is 33.0 Å². The lowest BCUT2D eigenvalue weighted by molar-refractivity contribution is -0.164. The van der Waals surface area contributed by atoms with Crippen molar-refractivity contribution in [3.63, 3.8) is 0 Å². The number of carbonyl (C=O) groups excluding carboxylic acids is 1. The minimum absolute atomic E-state index is 0.133. The number of carbonyl (C=O) groups is 2. The van der Waals surface area contributed by atoms with Crippen LogP contribution in [0, 0.1) is 47.3 Å². The summed E-state index contributed by atoms with van der Waals surface area (Å²) in [6.45, 7) is 8.52. The minimum Gasteiger partial charge on any atom is -0.481 e. The third-order valence-electron chi connectivity index (χ3n) is 7.64. The Kier molecular flexibility index (Phi) is 7.37. The van der Waals surface area contributed by atoms with E-state index < -0.39 is 17.8 Å². The van der Waals surface area contributed by atoms with Crippen LogP contribution < -0.4 is 0 Å². The summed E-state index contributed by atoms with van der Waals surface area (Å²) in [5.41, 5.74) is 0. The number of hydrogen-bond acceptors (Lipinski definition) is 5. The molecule has 6 heteroatoms. The largest absolute Gasteiger partial charge is 0.481 e. The first-order valence-electron chi connectivity index (χ1n) is 11.1. The van der Waals surface area contributed by atoms with E-state index in [-0.39, 0.29) is 24.4 Å². The molecule has 160 valence electrons. The molecule has 2 bridgehead atoms. The van der Waals surface area contributed by atoms with Crippen LogP contribution in [-0.2, 0) is 23.8 Å². The molecule has 28 heavy (non-hydrogen) atoms. The average molecular weight is 397 g/mol. The van der Waals surface area contributed by atoms with E-state index in [1.165, 1.54) is 6.42 Å². The molecule has 0 radical (unpaired) electrons. The van der Waals surface area contributed by atoms with Crippen LogP contribution >= 0.6 is 0 Å². The molecule has 0 aromatic rings. The van der Waals surface area contributed by atoms with E-state index in [0.29, 0.717) is 50.1 Å². The standard InChI is InChI=1S/C22H36O6/c1-4-13-11-14(5-2)18-16-12-15(17(13)18)19(21(23)24)20(16)22(25)28-10-9-27-8-7-26-6-3/h13-20H,4-12H2,1-3H3,(H,23,24). The molecular weight excluding hydrogens is 360 g/mol. The second-order valence-electron chi connectivity index (χ2n) is 8.66. The molecule has 0 aliphatic heterocycles. The van der Waals surface area contributed by atoms with Crippen molar-refractivity contribution in [1.82, 2.24) is 0 Å². The molecule has 0 heterocycles. The van der Waals surface area contributed by atoms with Gasteiger partial charge in [-0.15, -0.1) is 0 Å². The van der Waals surface area contributed by atoms with Gasteiger partial charge in [-0.2, -0.15) is 0 Å². The van der Waals surface area contributed by atoms with Crippen LogP contribution in [0.1, 0.15) is 46.5 Å². The van der Waals surface area contributed by atoms with E-state index in [1.807, 2.05) is 6.92 Å². The van der Waals surface area contributed by atoms with E-state index in [2.05, 4.69) is 13.8 Å². The van der Waals surface area contributed by atoms with Crippen LogP contribution in [0.25, 0.3) is 0 Å². The van der Waals surface area contributed by atoms with Crippen molar-refractivity contribution in [2.45, 2.75) is 46.5 Å². The van der Waals surface area contributed by atoms with Crippen LogP contribution in [0.3, 0.4) is 0 Å². The molecule has 1 N–H and O–H groups in total. The summed E-state index contributed by atoms with van der Waals surface area (Å²) < 4.78 is 16.1. The van der Waals surface area contributed by atoms with Crippen LogP contribution in [0.2, 0.25) is 0 Å². The summed E-state index contributed by atoms with van der Waals surface area (Å²) in [5.74, 6) is 0.288. The van der Waals surface area contributed by atoms with Gasteiger partial charge in [0, 0.05) is 6.61 Å². The topological polar surface area (TPSA) is 82.1 Å². The fourth-order valence-corrected chi connectivity index (χ4v) is 6.73. The van der Waals surface area contributed by atoms with E-state index >= 15 is 0 Å². The summed E-state index contributed by atoms with van der Waals surface area (Å²) >= 11 is 0. The zero-order valence-corrected chi connectivity index (χ0v) is 17.5. The molecular formula is C22H36O6. The predicted molar refractivity (Wildman–Crippen MR) is 104 cm³/mol. The maximum Gasteiger partial charge on any atom is 0.310 e. The molecule has 0 aromatic carbocycles. The predicted octanol–water partition coefficient (Wildman–Crippen LogP) is 3.24. The quantitative estimate of drug-likeness (QED) is 0.426. The van der Waals surface area contributed by atoms with Crippen molar-refractivity contribution >= 4 is 11.9 Å². The number of hydrogen-bond donors (Lipinski definition) is 1. The Morgan fingerprint density at radius 1 is 0.821 bits per heavy atom. The van der Waals surface area contributed by atoms with E-state index in [4.69, 9.17) is 14.2 Å². The number of aliphatic carboxylic acids is 1. The second kappa shape index (κ2) is 9.57. The zero-order valence-electron chi connectivity index (χ0n) is 17.5. The van der Waals surface area contributed by atoms with Crippen molar-refractivity contribution in [3.8, 4) is 0 Å². The van der Waals surface area contributed by atoms with Gasteiger partial charge in [0.15, 0.2) is 0 Å². The third kappa shape index (κ3) is 3.95. The molecule has 3 aliphatic carbocycles. The van der Waals surface area contributed by atoms with E-state index in [1.54, 1.807) is 0 Å². The summed E-state index contributed by atoms with van der Waals surface area (Å²) in [6, 6.07) is 0. The van der Waals surface area contributed by atoms with Gasteiger partial charge < -0.3 is 19.3 Å². The lowest BCUT2D eigenvalue weighted by atomic mass is 9.65. The third-order valence-corrected chi connectivity index (χ3v) is 7.64. The Hall–Kier alpha value is -1.14. The highest BCUT2D eigenvalue weighted by Gasteiger charge is 2.67. The smallest absolute Gasteiger partial charge is 0.310 e. The molecule has 3 rings (SSSR count).